The number of H-pyrrole nitrogens is 1. The molecular formula is C20H25N3O3. The molecule has 0 bridgehead atoms. The number of aromatic hydroxyl groups is 1. The molecule has 1 aliphatic carbocycles. The zero-order valence-corrected chi connectivity index (χ0v) is 15.2. The molecule has 0 amide bonds. The number of nitrogens with one attached hydrogen (secondary N) is 1. The fourth-order valence-corrected chi connectivity index (χ4v) is 3.54. The molecule has 0 aliphatic heterocycles. The summed E-state index contributed by atoms with van der Waals surface area (Å²) < 4.78 is 1.16. The molecule has 2 N–H and O–H groups in total. The Balaban J connectivity index is 1.92. The molecule has 1 heterocycles. The summed E-state index contributed by atoms with van der Waals surface area (Å²) in [6, 6.07) is 9.44. The first-order chi connectivity index (χ1) is 12.5. The van der Waals surface area contributed by atoms with Crippen LogP contribution in [0.3, 0.4) is 0 Å². The molecule has 3 rings (SSSR count). The number of benzene rings is 1. The summed E-state index contributed by atoms with van der Waals surface area (Å²) in [5.41, 5.74) is -0.356. The van der Waals surface area contributed by atoms with E-state index >= 15 is 0 Å². The van der Waals surface area contributed by atoms with Gasteiger partial charge in [-0.3, -0.25) is 19.3 Å². The van der Waals surface area contributed by atoms with Gasteiger partial charge in [0.25, 0.3) is 5.56 Å². The SMILES string of the molecule is C[C@H]1[C@@H](N=Cc2c(O)n(Cc3ccccc3)c(=O)[nH]c2=O)CCC[C@@H]1C. The Hall–Kier alpha value is -2.63. The summed E-state index contributed by atoms with van der Waals surface area (Å²) in [7, 11) is 0. The zero-order valence-electron chi connectivity index (χ0n) is 15.2. The Morgan fingerprint density at radius 2 is 1.96 bits per heavy atom. The lowest BCUT2D eigenvalue weighted by Crippen LogP contribution is -2.33. The number of aliphatic imine (C=N–C) groups is 1. The van der Waals surface area contributed by atoms with Crippen LogP contribution < -0.4 is 11.2 Å². The van der Waals surface area contributed by atoms with E-state index in [0.29, 0.717) is 11.8 Å². The Bertz CT molecular complexity index is 899. The van der Waals surface area contributed by atoms with E-state index in [4.69, 9.17) is 0 Å². The fourth-order valence-electron chi connectivity index (χ4n) is 3.54. The van der Waals surface area contributed by atoms with Gasteiger partial charge < -0.3 is 5.11 Å². The van der Waals surface area contributed by atoms with Crippen molar-refractivity contribution in [3.8, 4) is 5.88 Å². The minimum absolute atomic E-state index is 0.0333. The molecule has 0 radical (unpaired) electrons. The fraction of sp³-hybridized carbons (Fsp3) is 0.450. The minimum Gasteiger partial charge on any atom is -0.494 e. The number of rotatable bonds is 4. The molecule has 6 nitrogen and oxygen atoms in total. The predicted molar refractivity (Wildman–Crippen MR) is 102 cm³/mol. The molecular weight excluding hydrogens is 330 g/mol. The number of aromatic amines is 1. The molecule has 1 fully saturated rings. The van der Waals surface area contributed by atoms with E-state index in [9.17, 15) is 14.7 Å². The minimum atomic E-state index is -0.631. The summed E-state index contributed by atoms with van der Waals surface area (Å²) in [5, 5.41) is 10.5. The predicted octanol–water partition coefficient (Wildman–Crippen LogP) is 2.53. The van der Waals surface area contributed by atoms with Gasteiger partial charge in [0.15, 0.2) is 0 Å². The molecule has 1 aliphatic rings. The highest BCUT2D eigenvalue weighted by Crippen LogP contribution is 2.31. The number of hydrogen-bond acceptors (Lipinski definition) is 4. The lowest BCUT2D eigenvalue weighted by molar-refractivity contribution is 0.242. The van der Waals surface area contributed by atoms with Crippen LogP contribution >= 0.6 is 0 Å². The average molecular weight is 355 g/mol. The summed E-state index contributed by atoms with van der Waals surface area (Å²) in [4.78, 5) is 31.1. The maximum Gasteiger partial charge on any atom is 0.331 e. The van der Waals surface area contributed by atoms with Gasteiger partial charge in [0.05, 0.1) is 12.6 Å². The lowest BCUT2D eigenvalue weighted by atomic mass is 9.78. The monoisotopic (exact) mass is 355 g/mol. The van der Waals surface area contributed by atoms with Crippen LogP contribution in [0.15, 0.2) is 44.9 Å². The van der Waals surface area contributed by atoms with Crippen molar-refractivity contribution in [2.24, 2.45) is 16.8 Å². The maximum absolute atomic E-state index is 12.2. The van der Waals surface area contributed by atoms with Gasteiger partial charge in [0, 0.05) is 6.21 Å². The first-order valence-electron chi connectivity index (χ1n) is 9.10. The van der Waals surface area contributed by atoms with Crippen molar-refractivity contribution in [2.45, 2.75) is 45.7 Å². The molecule has 0 spiro atoms. The van der Waals surface area contributed by atoms with Gasteiger partial charge in [0.2, 0.25) is 5.88 Å². The highest BCUT2D eigenvalue weighted by molar-refractivity contribution is 5.82. The van der Waals surface area contributed by atoms with E-state index in [0.717, 1.165) is 23.0 Å². The van der Waals surface area contributed by atoms with E-state index < -0.39 is 11.2 Å². The van der Waals surface area contributed by atoms with Gasteiger partial charge >= 0.3 is 5.69 Å². The number of hydrogen-bond donors (Lipinski definition) is 2. The molecule has 6 heteroatoms. The molecule has 26 heavy (non-hydrogen) atoms. The van der Waals surface area contributed by atoms with E-state index in [2.05, 4.69) is 23.8 Å². The molecule has 0 unspecified atom stereocenters. The average Bonchev–Trinajstić information content (AvgIpc) is 2.62. The highest BCUT2D eigenvalue weighted by atomic mass is 16.3. The van der Waals surface area contributed by atoms with E-state index in [1.807, 2.05) is 30.3 Å². The number of nitrogens with zero attached hydrogens (tertiary/aromatic N) is 2. The van der Waals surface area contributed by atoms with Crippen LogP contribution in [0.2, 0.25) is 0 Å². The summed E-state index contributed by atoms with van der Waals surface area (Å²) in [5.74, 6) is 0.670. The normalized spacial score (nSPS) is 23.4. The second kappa shape index (κ2) is 7.72. The molecule has 0 saturated heterocycles. The topological polar surface area (TPSA) is 87.4 Å². The van der Waals surface area contributed by atoms with Gasteiger partial charge in [-0.05, 0) is 23.8 Å². The van der Waals surface area contributed by atoms with Crippen LogP contribution in [0.25, 0.3) is 0 Å². The van der Waals surface area contributed by atoms with Crippen molar-refractivity contribution in [3.63, 3.8) is 0 Å². The van der Waals surface area contributed by atoms with Gasteiger partial charge in [-0.1, -0.05) is 57.0 Å². The quantitative estimate of drug-likeness (QED) is 0.826. The number of aromatic nitrogens is 2. The van der Waals surface area contributed by atoms with Crippen molar-refractivity contribution < 1.29 is 5.11 Å². The highest BCUT2D eigenvalue weighted by Gasteiger charge is 2.26. The lowest BCUT2D eigenvalue weighted by Gasteiger charge is -2.31. The van der Waals surface area contributed by atoms with Crippen LogP contribution in [0, 0.1) is 11.8 Å². The molecule has 1 aromatic heterocycles. The zero-order chi connectivity index (χ0) is 18.7. The third-order valence-electron chi connectivity index (χ3n) is 5.45. The third kappa shape index (κ3) is 3.79. The first kappa shape index (κ1) is 18.2. The van der Waals surface area contributed by atoms with Crippen molar-refractivity contribution in [3.05, 3.63) is 62.3 Å². The second-order valence-corrected chi connectivity index (χ2v) is 7.18. The largest absolute Gasteiger partial charge is 0.494 e. The molecule has 3 atom stereocenters. The first-order valence-corrected chi connectivity index (χ1v) is 9.10. The van der Waals surface area contributed by atoms with Crippen molar-refractivity contribution >= 4 is 6.21 Å². The van der Waals surface area contributed by atoms with Gasteiger partial charge in [-0.25, -0.2) is 4.79 Å². The van der Waals surface area contributed by atoms with Crippen molar-refractivity contribution in [2.75, 3.05) is 0 Å². The van der Waals surface area contributed by atoms with Crippen molar-refractivity contribution in [1.82, 2.24) is 9.55 Å². The summed E-state index contributed by atoms with van der Waals surface area (Å²) in [6.45, 7) is 4.57. The van der Waals surface area contributed by atoms with Crippen LogP contribution in [0.4, 0.5) is 0 Å². The van der Waals surface area contributed by atoms with Crippen LogP contribution in [0.1, 0.15) is 44.2 Å². The van der Waals surface area contributed by atoms with E-state index in [1.54, 1.807) is 0 Å². The van der Waals surface area contributed by atoms with Crippen LogP contribution in [0.5, 0.6) is 5.88 Å². The summed E-state index contributed by atoms with van der Waals surface area (Å²) in [6.07, 6.45) is 4.71. The van der Waals surface area contributed by atoms with Crippen molar-refractivity contribution in [1.29, 1.82) is 0 Å². The molecule has 2 aromatic rings. The Morgan fingerprint density at radius 1 is 1.23 bits per heavy atom. The molecule has 1 saturated carbocycles. The Labute approximate surface area is 152 Å². The van der Waals surface area contributed by atoms with Gasteiger partial charge in [-0.15, -0.1) is 0 Å². The second-order valence-electron chi connectivity index (χ2n) is 7.18. The third-order valence-corrected chi connectivity index (χ3v) is 5.45. The van der Waals surface area contributed by atoms with Gasteiger partial charge in [-0.2, -0.15) is 0 Å². The van der Waals surface area contributed by atoms with E-state index in [1.165, 1.54) is 12.6 Å². The van der Waals surface area contributed by atoms with E-state index in [-0.39, 0.29) is 24.0 Å². The summed E-state index contributed by atoms with van der Waals surface area (Å²) >= 11 is 0. The van der Waals surface area contributed by atoms with Crippen LogP contribution in [-0.4, -0.2) is 26.9 Å². The van der Waals surface area contributed by atoms with Gasteiger partial charge in [0.1, 0.15) is 5.56 Å². The molecule has 1 aromatic carbocycles. The maximum atomic E-state index is 12.2. The Morgan fingerprint density at radius 3 is 2.69 bits per heavy atom. The smallest absolute Gasteiger partial charge is 0.331 e. The standard InChI is InChI=1S/C20H25N3O3/c1-13-7-6-10-17(14(13)2)21-11-16-18(24)22-20(26)23(19(16)25)12-15-8-4-3-5-9-15/h3-5,8-9,11,13-14,17,25H,6-7,10,12H2,1-2H3,(H,22,24,26)/t13-,14+,17-/m0/s1. The molecule has 138 valence electrons. The van der Waals surface area contributed by atoms with Crippen LogP contribution in [-0.2, 0) is 6.54 Å². The Kier molecular flexibility index (Phi) is 5.40.